The van der Waals surface area contributed by atoms with Gasteiger partial charge in [0.05, 0.1) is 9.83 Å². The monoisotopic (exact) mass is 326 g/mol. The third kappa shape index (κ3) is 3.26. The Bertz CT molecular complexity index is 520. The molecule has 2 aromatic heterocycles. The molecule has 0 spiro atoms. The van der Waals surface area contributed by atoms with E-state index in [1.165, 1.54) is 4.88 Å². The van der Waals surface area contributed by atoms with Gasteiger partial charge in [-0.3, -0.25) is 0 Å². The first-order chi connectivity index (χ1) is 8.58. The van der Waals surface area contributed by atoms with Crippen LogP contribution in [0.4, 0.5) is 5.95 Å². The molecule has 1 unspecified atom stereocenters. The molecule has 6 heteroatoms. The zero-order chi connectivity index (χ0) is 13.1. The van der Waals surface area contributed by atoms with Gasteiger partial charge in [-0.15, -0.1) is 11.3 Å². The molecule has 2 rings (SSSR count). The second-order valence-corrected chi connectivity index (χ2v) is 6.50. The molecule has 0 aliphatic carbocycles. The van der Waals surface area contributed by atoms with E-state index >= 15 is 0 Å². The summed E-state index contributed by atoms with van der Waals surface area (Å²) in [6, 6.07) is 4.42. The van der Waals surface area contributed by atoms with E-state index < -0.39 is 0 Å². The molecule has 4 nitrogen and oxygen atoms in total. The summed E-state index contributed by atoms with van der Waals surface area (Å²) in [6.45, 7) is 5.90. The van der Waals surface area contributed by atoms with Gasteiger partial charge in [0.15, 0.2) is 0 Å². The lowest BCUT2D eigenvalue weighted by atomic mass is 10.2. The predicted molar refractivity (Wildman–Crippen MR) is 78.0 cm³/mol. The summed E-state index contributed by atoms with van der Waals surface area (Å²) in [5.74, 6) is 2.13. The molecule has 0 aliphatic rings. The third-order valence-corrected chi connectivity index (χ3v) is 4.25. The number of hydrogen-bond acceptors (Lipinski definition) is 5. The average molecular weight is 327 g/mol. The van der Waals surface area contributed by atoms with Gasteiger partial charge in [0.25, 0.3) is 0 Å². The molecule has 0 bridgehead atoms. The highest BCUT2D eigenvalue weighted by molar-refractivity contribution is 9.11. The Hall–Kier alpha value is -1.01. The molecule has 0 amide bonds. The highest BCUT2D eigenvalue weighted by Gasteiger charge is 2.13. The van der Waals surface area contributed by atoms with Crippen molar-refractivity contribution in [2.24, 2.45) is 0 Å². The number of thiophene rings is 1. The van der Waals surface area contributed by atoms with E-state index in [2.05, 4.69) is 55.3 Å². The number of anilines is 1. The molecule has 2 aromatic rings. The maximum absolute atomic E-state index is 4.31. The molecule has 0 aliphatic heterocycles. The van der Waals surface area contributed by atoms with Crippen LogP contribution in [0.5, 0.6) is 0 Å². The Labute approximate surface area is 119 Å². The Balaban J connectivity index is 2.20. The van der Waals surface area contributed by atoms with Gasteiger partial charge in [-0.05, 0) is 48.3 Å². The minimum absolute atomic E-state index is 0.238. The Morgan fingerprint density at radius 3 is 2.39 bits per heavy atom. The van der Waals surface area contributed by atoms with Crippen LogP contribution in [-0.4, -0.2) is 15.0 Å². The molecule has 18 heavy (non-hydrogen) atoms. The second kappa shape index (κ2) is 5.75. The zero-order valence-corrected chi connectivity index (χ0v) is 13.0. The lowest BCUT2D eigenvalue weighted by Gasteiger charge is -2.15. The van der Waals surface area contributed by atoms with Gasteiger partial charge >= 0.3 is 0 Å². The fourth-order valence-electron chi connectivity index (χ4n) is 1.73. The summed E-state index contributed by atoms with van der Waals surface area (Å²) in [6.07, 6.45) is 0.983. The molecule has 1 atom stereocenters. The maximum atomic E-state index is 4.31. The smallest absolute Gasteiger partial charge is 0.226 e. The second-order valence-electron chi connectivity index (χ2n) is 4.00. The summed E-state index contributed by atoms with van der Waals surface area (Å²) >= 11 is 5.22. The number of halogens is 1. The number of aromatic nitrogens is 3. The van der Waals surface area contributed by atoms with Gasteiger partial charge in [-0.25, -0.2) is 4.98 Å². The van der Waals surface area contributed by atoms with E-state index in [0.717, 1.165) is 21.9 Å². The summed E-state index contributed by atoms with van der Waals surface area (Å²) in [4.78, 5) is 14.1. The SMILES string of the molecule is CCC(Nc1nc(C)nc(C)n1)c1ccc(Br)s1. The van der Waals surface area contributed by atoms with E-state index in [9.17, 15) is 0 Å². The fourth-order valence-corrected chi connectivity index (χ4v) is 3.28. The van der Waals surface area contributed by atoms with Crippen LogP contribution in [0.25, 0.3) is 0 Å². The van der Waals surface area contributed by atoms with Crippen LogP contribution in [0, 0.1) is 13.8 Å². The number of rotatable bonds is 4. The summed E-state index contributed by atoms with van der Waals surface area (Å²) in [7, 11) is 0. The van der Waals surface area contributed by atoms with Gasteiger partial charge in [-0.1, -0.05) is 6.92 Å². The van der Waals surface area contributed by atoms with E-state index in [1.807, 2.05) is 13.8 Å². The fraction of sp³-hybridized carbons (Fsp3) is 0.417. The largest absolute Gasteiger partial charge is 0.347 e. The van der Waals surface area contributed by atoms with Crippen LogP contribution in [0.2, 0.25) is 0 Å². The van der Waals surface area contributed by atoms with Crippen molar-refractivity contribution in [3.05, 3.63) is 32.4 Å². The van der Waals surface area contributed by atoms with Crippen LogP contribution in [0.15, 0.2) is 15.9 Å². The Kier molecular flexibility index (Phi) is 4.29. The molecule has 0 radical (unpaired) electrons. The lowest BCUT2D eigenvalue weighted by Crippen LogP contribution is -2.12. The predicted octanol–water partition coefficient (Wildman–Crippen LogP) is 3.88. The quantitative estimate of drug-likeness (QED) is 0.926. The van der Waals surface area contributed by atoms with Crippen molar-refractivity contribution < 1.29 is 0 Å². The van der Waals surface area contributed by atoms with Crippen LogP contribution in [0.1, 0.15) is 35.9 Å². The number of aryl methyl sites for hydroxylation is 2. The zero-order valence-electron chi connectivity index (χ0n) is 10.6. The summed E-state index contributed by atoms with van der Waals surface area (Å²) in [5.41, 5.74) is 0. The van der Waals surface area contributed by atoms with Gasteiger partial charge in [0.2, 0.25) is 5.95 Å². The van der Waals surface area contributed by atoms with Crippen LogP contribution in [0.3, 0.4) is 0 Å². The van der Waals surface area contributed by atoms with Gasteiger partial charge in [-0.2, -0.15) is 9.97 Å². The van der Waals surface area contributed by atoms with Crippen molar-refractivity contribution in [1.82, 2.24) is 15.0 Å². The third-order valence-electron chi connectivity index (χ3n) is 2.51. The van der Waals surface area contributed by atoms with Crippen molar-refractivity contribution >= 4 is 33.2 Å². The molecule has 96 valence electrons. The van der Waals surface area contributed by atoms with Gasteiger partial charge < -0.3 is 5.32 Å². The average Bonchev–Trinajstić information content (AvgIpc) is 2.71. The van der Waals surface area contributed by atoms with Crippen molar-refractivity contribution in [2.75, 3.05) is 5.32 Å². The van der Waals surface area contributed by atoms with E-state index in [-0.39, 0.29) is 6.04 Å². The molecular weight excluding hydrogens is 312 g/mol. The van der Waals surface area contributed by atoms with Crippen LogP contribution in [-0.2, 0) is 0 Å². The van der Waals surface area contributed by atoms with Gasteiger partial charge in [0, 0.05) is 4.88 Å². The lowest BCUT2D eigenvalue weighted by molar-refractivity contribution is 0.744. The first kappa shape index (κ1) is 13.4. The molecule has 0 saturated heterocycles. The molecule has 0 fully saturated rings. The minimum atomic E-state index is 0.238. The first-order valence-corrected chi connectivity index (χ1v) is 7.40. The Morgan fingerprint density at radius 2 is 1.89 bits per heavy atom. The molecule has 1 N–H and O–H groups in total. The summed E-state index contributed by atoms with van der Waals surface area (Å²) in [5, 5.41) is 3.37. The number of nitrogens with zero attached hydrogens (tertiary/aromatic N) is 3. The topological polar surface area (TPSA) is 50.7 Å². The molecule has 0 saturated carbocycles. The van der Waals surface area contributed by atoms with Crippen LogP contribution >= 0.6 is 27.3 Å². The molecule has 0 aromatic carbocycles. The number of nitrogens with one attached hydrogen (secondary N) is 1. The highest BCUT2D eigenvalue weighted by atomic mass is 79.9. The maximum Gasteiger partial charge on any atom is 0.226 e. The summed E-state index contributed by atoms with van der Waals surface area (Å²) < 4.78 is 1.14. The van der Waals surface area contributed by atoms with Crippen molar-refractivity contribution in [1.29, 1.82) is 0 Å². The Morgan fingerprint density at radius 1 is 1.22 bits per heavy atom. The standard InChI is InChI=1S/C12H15BrN4S/c1-4-9(10-5-6-11(13)18-10)17-12-15-7(2)14-8(3)16-12/h5-6,9H,4H2,1-3H3,(H,14,15,16,17). The number of hydrogen-bond donors (Lipinski definition) is 1. The minimum Gasteiger partial charge on any atom is -0.347 e. The van der Waals surface area contributed by atoms with E-state index in [4.69, 9.17) is 0 Å². The van der Waals surface area contributed by atoms with E-state index in [1.54, 1.807) is 11.3 Å². The normalized spacial score (nSPS) is 12.4. The van der Waals surface area contributed by atoms with Crippen molar-refractivity contribution in [3.8, 4) is 0 Å². The molecular formula is C12H15BrN4S. The van der Waals surface area contributed by atoms with Gasteiger partial charge in [0.1, 0.15) is 11.6 Å². The first-order valence-electron chi connectivity index (χ1n) is 5.79. The van der Waals surface area contributed by atoms with Crippen molar-refractivity contribution in [3.63, 3.8) is 0 Å². The van der Waals surface area contributed by atoms with Crippen molar-refractivity contribution in [2.45, 2.75) is 33.2 Å². The molecule has 2 heterocycles. The van der Waals surface area contributed by atoms with E-state index in [0.29, 0.717) is 5.95 Å². The van der Waals surface area contributed by atoms with Crippen LogP contribution < -0.4 is 5.32 Å². The highest BCUT2D eigenvalue weighted by Crippen LogP contribution is 2.30.